The number of carboxylic acid groups (broad SMARTS) is 2. The maximum Gasteiger partial charge on any atom is 0.317 e. The second-order valence-corrected chi connectivity index (χ2v) is 11.2. The van der Waals surface area contributed by atoms with Crippen molar-refractivity contribution >= 4 is 22.7 Å². The fraction of sp³-hybridized carbons (Fsp3) is 0.333. The zero-order chi connectivity index (χ0) is 30.3. The van der Waals surface area contributed by atoms with Gasteiger partial charge in [-0.3, -0.25) is 9.59 Å². The Labute approximate surface area is 244 Å². The van der Waals surface area contributed by atoms with Crippen molar-refractivity contribution < 1.29 is 33.7 Å². The molecule has 0 bridgehead atoms. The van der Waals surface area contributed by atoms with Crippen LogP contribution in [0.15, 0.2) is 66.7 Å². The van der Waals surface area contributed by atoms with E-state index in [9.17, 15) is 14.0 Å². The Hall–Kier alpha value is -4.53. The molecule has 1 heterocycles. The molecule has 0 unspecified atom stereocenters. The largest absolute Gasteiger partial charge is 0.494 e. The van der Waals surface area contributed by atoms with E-state index in [-0.39, 0.29) is 24.3 Å². The molecule has 0 amide bonds. The molecule has 3 aromatic carbocycles. The van der Waals surface area contributed by atoms with E-state index in [0.717, 1.165) is 27.6 Å². The minimum Gasteiger partial charge on any atom is -0.494 e. The summed E-state index contributed by atoms with van der Waals surface area (Å²) in [5, 5.41) is 19.9. The van der Waals surface area contributed by atoms with Gasteiger partial charge in [-0.15, -0.1) is 0 Å². The third kappa shape index (κ3) is 8.25. The predicted octanol–water partition coefficient (Wildman–Crippen LogP) is 7.04. The van der Waals surface area contributed by atoms with Gasteiger partial charge in [-0.05, 0) is 59.5 Å². The highest BCUT2D eigenvalue weighted by Gasteiger charge is 2.24. The number of carbonyl (C=O) groups is 2. The Balaban J connectivity index is 1.42. The Morgan fingerprint density at radius 1 is 0.833 bits per heavy atom. The van der Waals surface area contributed by atoms with Crippen molar-refractivity contribution in [1.29, 1.82) is 0 Å². The number of carboxylic acids is 2. The van der Waals surface area contributed by atoms with Gasteiger partial charge in [0.05, 0.1) is 12.3 Å². The van der Waals surface area contributed by atoms with Gasteiger partial charge < -0.3 is 19.7 Å². The van der Waals surface area contributed by atoms with Gasteiger partial charge in [0.15, 0.2) is 11.7 Å². The molecule has 0 saturated carbocycles. The van der Waals surface area contributed by atoms with Gasteiger partial charge in [0.2, 0.25) is 5.88 Å². The average Bonchev–Trinajstić information content (AvgIpc) is 2.95. The number of nitrogens with zero attached hydrogens (tertiary/aromatic N) is 2. The molecule has 0 aliphatic rings. The molecule has 1 aromatic heterocycles. The summed E-state index contributed by atoms with van der Waals surface area (Å²) in [7, 11) is 0. The molecular formula is C33H35FN2O6. The highest BCUT2D eigenvalue weighted by atomic mass is 19.1. The number of rotatable bonds is 13. The number of hydrogen-bond donors (Lipinski definition) is 2. The molecule has 9 heteroatoms. The summed E-state index contributed by atoms with van der Waals surface area (Å²) in [6.07, 6.45) is 1.98. The maximum absolute atomic E-state index is 13.3. The molecule has 8 nitrogen and oxygen atoms in total. The van der Waals surface area contributed by atoms with Gasteiger partial charge in [0.25, 0.3) is 0 Å². The Bertz CT molecular complexity index is 1530. The number of hydrogen-bond acceptors (Lipinski definition) is 6. The highest BCUT2D eigenvalue weighted by Crippen LogP contribution is 2.30. The SMILES string of the molecule is CC(C)(C)c1cc(OCc2ccc(F)cc2)nc(-c2ccc3cc(OCCCCCC(C(=O)O)C(=O)O)ccc3c2)n1. The molecule has 0 atom stereocenters. The van der Waals surface area contributed by atoms with Crippen LogP contribution in [0.4, 0.5) is 4.39 Å². The zero-order valence-electron chi connectivity index (χ0n) is 24.0. The monoisotopic (exact) mass is 574 g/mol. The van der Waals surface area contributed by atoms with Crippen molar-refractivity contribution in [3.8, 4) is 23.0 Å². The van der Waals surface area contributed by atoms with Gasteiger partial charge in [-0.25, -0.2) is 9.37 Å². The topological polar surface area (TPSA) is 119 Å². The Morgan fingerprint density at radius 3 is 2.21 bits per heavy atom. The highest BCUT2D eigenvalue weighted by molar-refractivity contribution is 5.92. The van der Waals surface area contributed by atoms with Gasteiger partial charge >= 0.3 is 11.9 Å². The number of unbranched alkanes of at least 4 members (excludes halogenated alkanes) is 2. The molecule has 42 heavy (non-hydrogen) atoms. The molecule has 0 radical (unpaired) electrons. The maximum atomic E-state index is 13.3. The number of aromatic nitrogens is 2. The average molecular weight is 575 g/mol. The minimum atomic E-state index is -1.36. The zero-order valence-corrected chi connectivity index (χ0v) is 24.0. The van der Waals surface area contributed by atoms with Crippen LogP contribution >= 0.6 is 0 Å². The summed E-state index contributed by atoms with van der Waals surface area (Å²) in [5.74, 6) is -2.56. The van der Waals surface area contributed by atoms with E-state index in [2.05, 4.69) is 25.8 Å². The van der Waals surface area contributed by atoms with Crippen LogP contribution in [-0.2, 0) is 21.6 Å². The van der Waals surface area contributed by atoms with Crippen molar-refractivity contribution in [3.05, 3.63) is 83.8 Å². The van der Waals surface area contributed by atoms with Crippen molar-refractivity contribution in [1.82, 2.24) is 9.97 Å². The summed E-state index contributed by atoms with van der Waals surface area (Å²) in [4.78, 5) is 31.5. The van der Waals surface area contributed by atoms with Crippen LogP contribution in [0.2, 0.25) is 0 Å². The van der Waals surface area contributed by atoms with Crippen LogP contribution < -0.4 is 9.47 Å². The third-order valence-corrected chi connectivity index (χ3v) is 6.84. The van der Waals surface area contributed by atoms with E-state index in [1.54, 1.807) is 12.1 Å². The van der Waals surface area contributed by atoms with Crippen molar-refractivity contribution in [2.45, 2.75) is 58.5 Å². The van der Waals surface area contributed by atoms with E-state index in [1.165, 1.54) is 12.1 Å². The molecule has 0 aliphatic carbocycles. The van der Waals surface area contributed by atoms with Gasteiger partial charge in [0, 0.05) is 17.0 Å². The van der Waals surface area contributed by atoms with E-state index >= 15 is 0 Å². The first kappa shape index (κ1) is 30.4. The van der Waals surface area contributed by atoms with Gasteiger partial charge in [0.1, 0.15) is 18.2 Å². The van der Waals surface area contributed by atoms with Crippen LogP contribution in [0.3, 0.4) is 0 Å². The molecule has 0 aliphatic heterocycles. The van der Waals surface area contributed by atoms with E-state index in [0.29, 0.717) is 43.3 Å². The van der Waals surface area contributed by atoms with Gasteiger partial charge in [-0.2, -0.15) is 4.98 Å². The molecule has 0 saturated heterocycles. The fourth-order valence-electron chi connectivity index (χ4n) is 4.37. The summed E-state index contributed by atoms with van der Waals surface area (Å²) in [6, 6.07) is 19.8. The van der Waals surface area contributed by atoms with Crippen LogP contribution in [0.25, 0.3) is 22.2 Å². The van der Waals surface area contributed by atoms with E-state index in [4.69, 9.17) is 24.7 Å². The first-order valence-electron chi connectivity index (χ1n) is 13.9. The number of fused-ring (bicyclic) bond motifs is 1. The van der Waals surface area contributed by atoms with Crippen LogP contribution in [0, 0.1) is 11.7 Å². The molecule has 4 aromatic rings. The number of ether oxygens (including phenoxy) is 2. The molecular weight excluding hydrogens is 539 g/mol. The summed E-state index contributed by atoms with van der Waals surface area (Å²) < 4.78 is 25.1. The lowest BCUT2D eigenvalue weighted by Gasteiger charge is -2.19. The first-order valence-corrected chi connectivity index (χ1v) is 13.9. The lowest BCUT2D eigenvalue weighted by molar-refractivity contribution is -0.154. The molecule has 2 N–H and O–H groups in total. The molecule has 220 valence electrons. The predicted molar refractivity (Wildman–Crippen MR) is 157 cm³/mol. The van der Waals surface area contributed by atoms with E-state index in [1.807, 2.05) is 42.5 Å². The normalized spacial score (nSPS) is 11.5. The Kier molecular flexibility index (Phi) is 9.72. The molecule has 4 rings (SSSR count). The van der Waals surface area contributed by atoms with E-state index < -0.39 is 17.9 Å². The molecule has 0 spiro atoms. The second kappa shape index (κ2) is 13.4. The van der Waals surface area contributed by atoms with Crippen molar-refractivity contribution in [2.24, 2.45) is 5.92 Å². The number of aliphatic carboxylic acids is 2. The number of halogens is 1. The first-order chi connectivity index (χ1) is 20.0. The van der Waals surface area contributed by atoms with Crippen LogP contribution in [0.1, 0.15) is 57.7 Å². The smallest absolute Gasteiger partial charge is 0.317 e. The summed E-state index contributed by atoms with van der Waals surface area (Å²) in [6.45, 7) is 6.93. The van der Waals surface area contributed by atoms with Crippen molar-refractivity contribution in [3.63, 3.8) is 0 Å². The number of benzene rings is 3. The fourth-order valence-corrected chi connectivity index (χ4v) is 4.37. The quantitative estimate of drug-likeness (QED) is 0.129. The second-order valence-electron chi connectivity index (χ2n) is 11.2. The molecule has 0 fully saturated rings. The third-order valence-electron chi connectivity index (χ3n) is 6.84. The summed E-state index contributed by atoms with van der Waals surface area (Å²) in [5.41, 5.74) is 2.28. The Morgan fingerprint density at radius 2 is 1.52 bits per heavy atom. The van der Waals surface area contributed by atoms with Crippen molar-refractivity contribution in [2.75, 3.05) is 6.61 Å². The lowest BCUT2D eigenvalue weighted by Crippen LogP contribution is -2.23. The summed E-state index contributed by atoms with van der Waals surface area (Å²) >= 11 is 0. The van der Waals surface area contributed by atoms with Gasteiger partial charge in [-0.1, -0.05) is 63.9 Å². The van der Waals surface area contributed by atoms with Crippen LogP contribution in [-0.4, -0.2) is 38.7 Å². The lowest BCUT2D eigenvalue weighted by atomic mass is 9.92. The van der Waals surface area contributed by atoms with Crippen LogP contribution in [0.5, 0.6) is 11.6 Å². The standard InChI is InChI=1S/C33H35FN2O6/c1-33(2,3)28-19-29(42-20-21-8-13-25(34)14-9-21)36-30(35-28)24-11-10-23-18-26(15-12-22(23)17-24)41-16-6-4-5-7-27(31(37)38)32(39)40/h8-15,17-19,27H,4-7,16,20H2,1-3H3,(H,37,38)(H,39,40). The minimum absolute atomic E-state index is 0.104.